The van der Waals surface area contributed by atoms with Gasteiger partial charge in [0.1, 0.15) is 5.69 Å². The van der Waals surface area contributed by atoms with Crippen molar-refractivity contribution in [1.82, 2.24) is 9.97 Å². The fraction of sp³-hybridized carbons (Fsp3) is 0.100. The van der Waals surface area contributed by atoms with Crippen molar-refractivity contribution < 1.29 is 4.79 Å². The van der Waals surface area contributed by atoms with E-state index < -0.39 is 0 Å². The molecule has 0 spiro atoms. The van der Waals surface area contributed by atoms with Crippen molar-refractivity contribution in [2.45, 2.75) is 0 Å². The molecule has 2 aromatic heterocycles. The van der Waals surface area contributed by atoms with Crippen molar-refractivity contribution in [3.63, 3.8) is 0 Å². The Bertz CT molecular complexity index is 577. The van der Waals surface area contributed by atoms with Gasteiger partial charge in [-0.05, 0) is 12.1 Å². The van der Waals surface area contributed by atoms with Crippen LogP contribution in [0.5, 0.6) is 0 Å². The molecule has 2 rings (SSSR count). The maximum atomic E-state index is 11.5. The van der Waals surface area contributed by atoms with Crippen LogP contribution in [0.15, 0.2) is 29.2 Å². The van der Waals surface area contributed by atoms with E-state index in [9.17, 15) is 9.59 Å². The summed E-state index contributed by atoms with van der Waals surface area (Å²) in [6.45, 7) is 0. The fourth-order valence-corrected chi connectivity index (χ4v) is 1.64. The van der Waals surface area contributed by atoms with Gasteiger partial charge in [0.05, 0.1) is 10.8 Å². The monoisotopic (exact) mass is 266 g/mol. The van der Waals surface area contributed by atoms with E-state index in [4.69, 9.17) is 0 Å². The number of Topliss-reactive ketones (excluding diaryl/α,β-unsaturated/α-hetero) is 1. The Kier molecular flexibility index (Phi) is 2.64. The number of halogens is 1. The molecule has 0 saturated carbocycles. The van der Waals surface area contributed by atoms with Crippen molar-refractivity contribution in [1.29, 1.82) is 0 Å². The number of hydrogen-bond donors (Lipinski definition) is 1. The number of aromatic nitrogens is 2. The number of alkyl halides is 1. The minimum absolute atomic E-state index is 0.104. The molecular formula is C10H7BrN2O2. The summed E-state index contributed by atoms with van der Waals surface area (Å²) >= 11 is 3.09. The summed E-state index contributed by atoms with van der Waals surface area (Å²) in [5.74, 6) is -0.104. The first-order valence-corrected chi connectivity index (χ1v) is 5.42. The Morgan fingerprint density at radius 3 is 2.93 bits per heavy atom. The molecule has 0 bridgehead atoms. The quantitative estimate of drug-likeness (QED) is 0.662. The average Bonchev–Trinajstić information content (AvgIpc) is 2.26. The lowest BCUT2D eigenvalue weighted by Gasteiger charge is -2.01. The third kappa shape index (κ3) is 1.83. The lowest BCUT2D eigenvalue weighted by atomic mass is 10.1. The van der Waals surface area contributed by atoms with Gasteiger partial charge in [-0.3, -0.25) is 14.6 Å². The summed E-state index contributed by atoms with van der Waals surface area (Å²) in [5, 5.41) is 0.889. The fourth-order valence-electron chi connectivity index (χ4n) is 1.37. The number of aromatic amines is 1. The second-order valence-electron chi connectivity index (χ2n) is 3.00. The minimum Gasteiger partial charge on any atom is -0.322 e. The van der Waals surface area contributed by atoms with Gasteiger partial charge in [0, 0.05) is 17.6 Å². The number of carbonyl (C=O) groups is 1. The van der Waals surface area contributed by atoms with E-state index in [2.05, 4.69) is 25.9 Å². The molecule has 1 N–H and O–H groups in total. The molecule has 2 aromatic rings. The molecule has 76 valence electrons. The predicted molar refractivity (Wildman–Crippen MR) is 60.5 cm³/mol. The van der Waals surface area contributed by atoms with Gasteiger partial charge in [-0.25, -0.2) is 0 Å². The first-order chi connectivity index (χ1) is 7.22. The largest absolute Gasteiger partial charge is 0.322 e. The van der Waals surface area contributed by atoms with Crippen molar-refractivity contribution in [2.75, 3.05) is 5.33 Å². The molecule has 0 aliphatic rings. The standard InChI is InChI=1S/C10H7BrN2O2/c11-5-8(14)10-6-1-2-9(15)13-7(6)3-4-12-10/h1-4H,5H2,(H,13,15). The van der Waals surface area contributed by atoms with Crippen LogP contribution in [0.4, 0.5) is 0 Å². The Labute approximate surface area is 93.5 Å². The number of nitrogens with zero attached hydrogens (tertiary/aromatic N) is 1. The highest BCUT2D eigenvalue weighted by Crippen LogP contribution is 2.13. The number of pyridine rings is 2. The SMILES string of the molecule is O=C(CBr)c1nccc2[nH]c(=O)ccc12. The van der Waals surface area contributed by atoms with Crippen LogP contribution in [0.1, 0.15) is 10.5 Å². The van der Waals surface area contributed by atoms with E-state index in [1.54, 1.807) is 12.1 Å². The van der Waals surface area contributed by atoms with Gasteiger partial charge in [-0.2, -0.15) is 0 Å². The summed E-state index contributed by atoms with van der Waals surface area (Å²) in [6.07, 6.45) is 1.51. The zero-order valence-electron chi connectivity index (χ0n) is 7.66. The molecule has 0 atom stereocenters. The van der Waals surface area contributed by atoms with Crippen molar-refractivity contribution in [3.05, 3.63) is 40.4 Å². The van der Waals surface area contributed by atoms with Crippen LogP contribution < -0.4 is 5.56 Å². The lowest BCUT2D eigenvalue weighted by molar-refractivity contribution is 0.102. The zero-order chi connectivity index (χ0) is 10.8. The van der Waals surface area contributed by atoms with Crippen LogP contribution in [0.3, 0.4) is 0 Å². The molecule has 2 heterocycles. The number of rotatable bonds is 2. The maximum absolute atomic E-state index is 11.5. The Morgan fingerprint density at radius 1 is 1.40 bits per heavy atom. The molecule has 4 nitrogen and oxygen atoms in total. The highest BCUT2D eigenvalue weighted by Gasteiger charge is 2.09. The van der Waals surface area contributed by atoms with Gasteiger partial charge in [-0.1, -0.05) is 15.9 Å². The molecule has 15 heavy (non-hydrogen) atoms. The van der Waals surface area contributed by atoms with Crippen LogP contribution in [0.2, 0.25) is 0 Å². The number of ketones is 1. The third-order valence-electron chi connectivity index (χ3n) is 2.03. The molecule has 0 amide bonds. The molecule has 0 aliphatic heterocycles. The highest BCUT2D eigenvalue weighted by atomic mass is 79.9. The van der Waals surface area contributed by atoms with Gasteiger partial charge in [0.25, 0.3) is 0 Å². The molecule has 0 fully saturated rings. The normalized spacial score (nSPS) is 10.5. The second kappa shape index (κ2) is 3.94. The topological polar surface area (TPSA) is 62.8 Å². The number of H-pyrrole nitrogens is 1. The minimum atomic E-state index is -0.189. The van der Waals surface area contributed by atoms with Crippen molar-refractivity contribution in [3.8, 4) is 0 Å². The van der Waals surface area contributed by atoms with Gasteiger partial charge in [-0.15, -0.1) is 0 Å². The van der Waals surface area contributed by atoms with Gasteiger partial charge >= 0.3 is 0 Å². The summed E-state index contributed by atoms with van der Waals surface area (Å²) in [5.41, 5.74) is 0.813. The van der Waals surface area contributed by atoms with Crippen LogP contribution >= 0.6 is 15.9 Å². The van der Waals surface area contributed by atoms with E-state index in [0.717, 1.165) is 0 Å². The molecule has 0 radical (unpaired) electrons. The summed E-state index contributed by atoms with van der Waals surface area (Å²) < 4.78 is 0. The summed E-state index contributed by atoms with van der Waals surface area (Å²) in [6, 6.07) is 4.66. The predicted octanol–water partition coefficient (Wildman–Crippen LogP) is 1.50. The number of carbonyl (C=O) groups excluding carboxylic acids is 1. The first-order valence-electron chi connectivity index (χ1n) is 4.29. The third-order valence-corrected chi connectivity index (χ3v) is 2.54. The Hall–Kier alpha value is -1.49. The number of fused-ring (bicyclic) bond motifs is 1. The molecule has 0 aliphatic carbocycles. The highest BCUT2D eigenvalue weighted by molar-refractivity contribution is 9.09. The van der Waals surface area contributed by atoms with Gasteiger partial charge in [0.15, 0.2) is 5.78 Å². The Morgan fingerprint density at radius 2 is 2.20 bits per heavy atom. The van der Waals surface area contributed by atoms with E-state index >= 15 is 0 Å². The summed E-state index contributed by atoms with van der Waals surface area (Å²) in [4.78, 5) is 29.2. The molecule has 0 saturated heterocycles. The maximum Gasteiger partial charge on any atom is 0.248 e. The van der Waals surface area contributed by atoms with Crippen LogP contribution in [0, 0.1) is 0 Å². The second-order valence-corrected chi connectivity index (χ2v) is 3.56. The number of nitrogens with one attached hydrogen (secondary N) is 1. The van der Waals surface area contributed by atoms with Crippen LogP contribution in [0.25, 0.3) is 10.9 Å². The van der Waals surface area contributed by atoms with E-state index in [-0.39, 0.29) is 16.7 Å². The molecule has 0 unspecified atom stereocenters. The molecule has 0 aromatic carbocycles. The number of hydrogen-bond acceptors (Lipinski definition) is 3. The van der Waals surface area contributed by atoms with Gasteiger partial charge in [0.2, 0.25) is 5.56 Å². The van der Waals surface area contributed by atoms with Crippen molar-refractivity contribution in [2.24, 2.45) is 0 Å². The molecular weight excluding hydrogens is 260 g/mol. The van der Waals surface area contributed by atoms with Crippen molar-refractivity contribution >= 4 is 32.6 Å². The van der Waals surface area contributed by atoms with Gasteiger partial charge < -0.3 is 4.98 Å². The van der Waals surface area contributed by atoms with Crippen LogP contribution in [-0.2, 0) is 0 Å². The first kappa shape index (κ1) is 10.0. The van der Waals surface area contributed by atoms with E-state index in [1.165, 1.54) is 12.3 Å². The Balaban J connectivity index is 2.76. The zero-order valence-corrected chi connectivity index (χ0v) is 9.24. The van der Waals surface area contributed by atoms with E-state index in [1.807, 2.05) is 0 Å². The van der Waals surface area contributed by atoms with E-state index in [0.29, 0.717) is 16.6 Å². The molecule has 5 heteroatoms. The summed E-state index contributed by atoms with van der Waals surface area (Å²) in [7, 11) is 0. The smallest absolute Gasteiger partial charge is 0.248 e. The lowest BCUT2D eigenvalue weighted by Crippen LogP contribution is -2.08. The average molecular weight is 267 g/mol. The van der Waals surface area contributed by atoms with Crippen LogP contribution in [-0.4, -0.2) is 21.1 Å².